The summed E-state index contributed by atoms with van der Waals surface area (Å²) in [4.78, 5) is 26.5. The van der Waals surface area contributed by atoms with Gasteiger partial charge in [-0.1, -0.05) is 55.5 Å². The van der Waals surface area contributed by atoms with Crippen LogP contribution in [-0.4, -0.2) is 35.0 Å². The molecule has 1 fully saturated rings. The third-order valence-electron chi connectivity index (χ3n) is 5.57. The highest BCUT2D eigenvalue weighted by molar-refractivity contribution is 5.83. The molecule has 1 aliphatic rings. The molecule has 2 aromatic carbocycles. The van der Waals surface area contributed by atoms with Crippen LogP contribution in [0.15, 0.2) is 54.6 Å². The summed E-state index contributed by atoms with van der Waals surface area (Å²) in [6, 6.07) is 15.7. The van der Waals surface area contributed by atoms with E-state index in [9.17, 15) is 19.1 Å². The van der Waals surface area contributed by atoms with E-state index in [1.54, 1.807) is 30.0 Å². The van der Waals surface area contributed by atoms with Crippen molar-refractivity contribution < 1.29 is 19.1 Å². The molecule has 142 valence electrons. The number of halogens is 1. The first kappa shape index (κ1) is 19.1. The zero-order valence-corrected chi connectivity index (χ0v) is 15.4. The Balaban J connectivity index is 1.68. The average molecular weight is 369 g/mol. The lowest BCUT2D eigenvalue weighted by Crippen LogP contribution is -2.50. The maximum Gasteiger partial charge on any atom is 0.314 e. The molecule has 1 N–H and O–H groups in total. The lowest BCUT2D eigenvalue weighted by molar-refractivity contribution is -0.149. The summed E-state index contributed by atoms with van der Waals surface area (Å²) in [5.41, 5.74) is 0.357. The molecular weight excluding hydrogens is 345 g/mol. The van der Waals surface area contributed by atoms with E-state index in [0.29, 0.717) is 37.9 Å². The molecule has 0 saturated carbocycles. The summed E-state index contributed by atoms with van der Waals surface area (Å²) in [7, 11) is 0. The molecular formula is C22H24FNO3. The number of amides is 1. The number of benzene rings is 2. The molecule has 0 aliphatic carbocycles. The van der Waals surface area contributed by atoms with Crippen LogP contribution in [0.1, 0.15) is 30.9 Å². The average Bonchev–Trinajstić information content (AvgIpc) is 2.69. The van der Waals surface area contributed by atoms with Crippen LogP contribution < -0.4 is 0 Å². The molecule has 4 nitrogen and oxygen atoms in total. The zero-order chi connectivity index (χ0) is 19.4. The topological polar surface area (TPSA) is 57.6 Å². The van der Waals surface area contributed by atoms with Crippen LogP contribution in [0, 0.1) is 11.7 Å². The van der Waals surface area contributed by atoms with E-state index in [4.69, 9.17) is 0 Å². The molecule has 0 unspecified atom stereocenters. The minimum absolute atomic E-state index is 0.0506. The van der Waals surface area contributed by atoms with Crippen LogP contribution in [0.25, 0.3) is 0 Å². The second kappa shape index (κ2) is 7.91. The van der Waals surface area contributed by atoms with Gasteiger partial charge in [-0.05, 0) is 36.5 Å². The first-order valence-electron chi connectivity index (χ1n) is 9.25. The van der Waals surface area contributed by atoms with Gasteiger partial charge in [0.15, 0.2) is 0 Å². The van der Waals surface area contributed by atoms with Gasteiger partial charge in [0.05, 0.1) is 5.41 Å². The highest BCUT2D eigenvalue weighted by atomic mass is 19.1. The number of carbonyl (C=O) groups is 2. The first-order valence-corrected chi connectivity index (χ1v) is 9.25. The van der Waals surface area contributed by atoms with Crippen molar-refractivity contribution in [1.82, 2.24) is 4.90 Å². The van der Waals surface area contributed by atoms with Crippen molar-refractivity contribution in [3.63, 3.8) is 0 Å². The summed E-state index contributed by atoms with van der Waals surface area (Å²) in [6.45, 7) is 2.58. The Morgan fingerprint density at radius 2 is 1.67 bits per heavy atom. The Morgan fingerprint density at radius 1 is 1.07 bits per heavy atom. The number of carboxylic acid groups (broad SMARTS) is 1. The van der Waals surface area contributed by atoms with Crippen molar-refractivity contribution in [3.8, 4) is 0 Å². The number of carbonyl (C=O) groups excluding carboxylic acids is 1. The van der Waals surface area contributed by atoms with Gasteiger partial charge in [0.25, 0.3) is 0 Å². The maximum absolute atomic E-state index is 13.8. The quantitative estimate of drug-likeness (QED) is 0.875. The van der Waals surface area contributed by atoms with Gasteiger partial charge in [0.1, 0.15) is 5.82 Å². The van der Waals surface area contributed by atoms with E-state index in [1.165, 1.54) is 6.07 Å². The van der Waals surface area contributed by atoms with Gasteiger partial charge in [-0.15, -0.1) is 0 Å². The van der Waals surface area contributed by atoms with Crippen LogP contribution in [-0.2, 0) is 21.4 Å². The van der Waals surface area contributed by atoms with E-state index >= 15 is 0 Å². The van der Waals surface area contributed by atoms with Crippen LogP contribution in [0.5, 0.6) is 0 Å². The number of nitrogens with zero attached hydrogens (tertiary/aromatic N) is 1. The van der Waals surface area contributed by atoms with E-state index in [-0.39, 0.29) is 17.6 Å². The molecule has 3 rings (SSSR count). The first-order chi connectivity index (χ1) is 12.9. The minimum Gasteiger partial charge on any atom is -0.481 e. The molecule has 1 amide bonds. The molecule has 0 bridgehead atoms. The van der Waals surface area contributed by atoms with Crippen molar-refractivity contribution in [2.45, 2.75) is 31.6 Å². The van der Waals surface area contributed by atoms with Gasteiger partial charge in [0, 0.05) is 19.0 Å². The molecule has 1 saturated heterocycles. The molecule has 1 atom stereocenters. The Hall–Kier alpha value is -2.69. The second-order valence-corrected chi connectivity index (χ2v) is 7.28. The third kappa shape index (κ3) is 3.87. The summed E-state index contributed by atoms with van der Waals surface area (Å²) >= 11 is 0. The largest absolute Gasteiger partial charge is 0.481 e. The standard InChI is InChI=1S/C22H24FNO3/c1-16(15-17-7-5-6-10-19(17)23)20(25)24-13-11-22(12-14-24,21(26)27)18-8-3-2-4-9-18/h2-10,16H,11-15H2,1H3,(H,26,27)/t16-/m1/s1. The second-order valence-electron chi connectivity index (χ2n) is 7.28. The highest BCUT2D eigenvalue weighted by Crippen LogP contribution is 2.36. The van der Waals surface area contributed by atoms with E-state index < -0.39 is 11.4 Å². The predicted octanol–water partition coefficient (Wildman–Crippen LogP) is 3.65. The van der Waals surface area contributed by atoms with Gasteiger partial charge >= 0.3 is 5.97 Å². The fourth-order valence-corrected chi connectivity index (χ4v) is 3.88. The fourth-order valence-electron chi connectivity index (χ4n) is 3.88. The van der Waals surface area contributed by atoms with Gasteiger partial charge in [-0.25, -0.2) is 4.39 Å². The van der Waals surface area contributed by atoms with Gasteiger partial charge in [-0.2, -0.15) is 0 Å². The normalized spacial score (nSPS) is 17.3. The van der Waals surface area contributed by atoms with E-state index in [1.807, 2.05) is 30.3 Å². The number of rotatable bonds is 5. The smallest absolute Gasteiger partial charge is 0.314 e. The highest BCUT2D eigenvalue weighted by Gasteiger charge is 2.44. The Bertz CT molecular complexity index is 813. The molecule has 1 heterocycles. The Labute approximate surface area is 158 Å². The minimum atomic E-state index is -0.952. The molecule has 1 aliphatic heterocycles. The van der Waals surface area contributed by atoms with Crippen molar-refractivity contribution in [2.24, 2.45) is 5.92 Å². The van der Waals surface area contributed by atoms with Crippen molar-refractivity contribution in [1.29, 1.82) is 0 Å². The van der Waals surface area contributed by atoms with Crippen molar-refractivity contribution >= 4 is 11.9 Å². The Kier molecular flexibility index (Phi) is 5.59. The van der Waals surface area contributed by atoms with Crippen LogP contribution in [0.3, 0.4) is 0 Å². The molecule has 0 aromatic heterocycles. The molecule has 0 spiro atoms. The molecule has 5 heteroatoms. The predicted molar refractivity (Wildman–Crippen MR) is 101 cm³/mol. The summed E-state index contributed by atoms with van der Waals surface area (Å²) in [6.07, 6.45) is 1.10. The Morgan fingerprint density at radius 3 is 2.26 bits per heavy atom. The van der Waals surface area contributed by atoms with Crippen molar-refractivity contribution in [3.05, 3.63) is 71.5 Å². The van der Waals surface area contributed by atoms with Crippen molar-refractivity contribution in [2.75, 3.05) is 13.1 Å². The number of hydrogen-bond acceptors (Lipinski definition) is 2. The molecule has 0 radical (unpaired) electrons. The van der Waals surface area contributed by atoms with Gasteiger partial charge < -0.3 is 10.0 Å². The number of carboxylic acids is 1. The zero-order valence-electron chi connectivity index (χ0n) is 15.4. The van der Waals surface area contributed by atoms with Crippen LogP contribution in [0.4, 0.5) is 4.39 Å². The number of aliphatic carboxylic acids is 1. The monoisotopic (exact) mass is 369 g/mol. The van der Waals surface area contributed by atoms with Crippen LogP contribution >= 0.6 is 0 Å². The third-order valence-corrected chi connectivity index (χ3v) is 5.57. The lowest BCUT2D eigenvalue weighted by atomic mass is 9.72. The van der Waals surface area contributed by atoms with E-state index in [2.05, 4.69) is 0 Å². The van der Waals surface area contributed by atoms with Crippen LogP contribution in [0.2, 0.25) is 0 Å². The van der Waals surface area contributed by atoms with Gasteiger partial charge in [-0.3, -0.25) is 9.59 Å². The maximum atomic E-state index is 13.8. The lowest BCUT2D eigenvalue weighted by Gasteiger charge is -2.40. The number of piperidine rings is 1. The summed E-state index contributed by atoms with van der Waals surface area (Å²) in [5, 5.41) is 9.86. The van der Waals surface area contributed by atoms with E-state index in [0.717, 1.165) is 5.56 Å². The summed E-state index contributed by atoms with van der Waals surface area (Å²) < 4.78 is 13.8. The fraction of sp³-hybridized carbons (Fsp3) is 0.364. The number of hydrogen-bond donors (Lipinski definition) is 1. The molecule has 2 aromatic rings. The number of likely N-dealkylation sites (tertiary alicyclic amines) is 1. The van der Waals surface area contributed by atoms with Gasteiger partial charge in [0.2, 0.25) is 5.91 Å². The SMILES string of the molecule is C[C@H](Cc1ccccc1F)C(=O)N1CCC(C(=O)O)(c2ccccc2)CC1. The summed E-state index contributed by atoms with van der Waals surface area (Å²) in [5.74, 6) is -1.55. The molecule has 27 heavy (non-hydrogen) atoms.